The zero-order valence-electron chi connectivity index (χ0n) is 13.1. The summed E-state index contributed by atoms with van der Waals surface area (Å²) in [6.07, 6.45) is 0. The highest BCUT2D eigenvalue weighted by molar-refractivity contribution is 7.00. The summed E-state index contributed by atoms with van der Waals surface area (Å²) in [5.74, 6) is -0.282. The van der Waals surface area contributed by atoms with Crippen molar-refractivity contribution in [2.45, 2.75) is 5.60 Å². The molecule has 1 unspecified atom stereocenters. The van der Waals surface area contributed by atoms with Crippen molar-refractivity contribution in [3.63, 3.8) is 0 Å². The molecule has 7 heteroatoms. The van der Waals surface area contributed by atoms with Crippen LogP contribution in [0.15, 0.2) is 48.5 Å². The molecule has 3 aromatic rings. The molecule has 0 saturated carbocycles. The van der Waals surface area contributed by atoms with E-state index >= 15 is 0 Å². The van der Waals surface area contributed by atoms with E-state index in [1.165, 1.54) is 7.11 Å². The number of nitrogens with one attached hydrogen (secondary N) is 1. The second-order valence-corrected chi connectivity index (χ2v) is 6.01. The van der Waals surface area contributed by atoms with Crippen molar-refractivity contribution in [1.29, 1.82) is 0 Å². The number of carbonyl (C=O) groups excluding carboxylic acids is 1. The summed E-state index contributed by atoms with van der Waals surface area (Å²) in [6, 6.07) is 14.3. The Balaban J connectivity index is 1.75. The van der Waals surface area contributed by atoms with Crippen molar-refractivity contribution in [3.05, 3.63) is 59.7 Å². The smallest absolute Gasteiger partial charge is 0.251 e. The number of carbonyl (C=O) groups is 1. The first-order valence-corrected chi connectivity index (χ1v) is 8.13. The minimum atomic E-state index is -1.29. The zero-order chi connectivity index (χ0) is 17.0. The normalized spacial score (nSPS) is 13.6. The molecule has 1 aromatic heterocycles. The molecule has 1 heterocycles. The zero-order valence-corrected chi connectivity index (χ0v) is 13.9. The summed E-state index contributed by atoms with van der Waals surface area (Å²) in [7, 11) is 1.51. The van der Waals surface area contributed by atoms with Gasteiger partial charge in [0, 0.05) is 12.7 Å². The lowest BCUT2D eigenvalue weighted by atomic mass is 9.94. The second-order valence-electron chi connectivity index (χ2n) is 5.48. The Morgan fingerprint density at radius 1 is 1.21 bits per heavy atom. The number of aliphatic hydroxyl groups is 1. The Kier molecular flexibility index (Phi) is 4.84. The van der Waals surface area contributed by atoms with Crippen LogP contribution in [-0.4, -0.2) is 40.0 Å². The van der Waals surface area contributed by atoms with Gasteiger partial charge < -0.3 is 15.2 Å². The van der Waals surface area contributed by atoms with Crippen LogP contribution in [0.2, 0.25) is 0 Å². The fourth-order valence-corrected chi connectivity index (χ4v) is 2.99. The van der Waals surface area contributed by atoms with E-state index in [0.717, 1.165) is 17.2 Å². The molecule has 0 fully saturated rings. The highest BCUT2D eigenvalue weighted by Crippen LogP contribution is 2.21. The maximum absolute atomic E-state index is 12.4. The molecule has 124 valence electrons. The predicted molar refractivity (Wildman–Crippen MR) is 92.0 cm³/mol. The van der Waals surface area contributed by atoms with Gasteiger partial charge in [-0.3, -0.25) is 4.79 Å². The quantitative estimate of drug-likeness (QED) is 0.715. The average Bonchev–Trinajstić information content (AvgIpc) is 3.08. The molecule has 3 rings (SSSR count). The van der Waals surface area contributed by atoms with Crippen LogP contribution < -0.4 is 5.32 Å². The van der Waals surface area contributed by atoms with Gasteiger partial charge in [0.05, 0.1) is 24.9 Å². The van der Waals surface area contributed by atoms with Crippen LogP contribution in [0.3, 0.4) is 0 Å². The lowest BCUT2D eigenvalue weighted by Crippen LogP contribution is -2.44. The van der Waals surface area contributed by atoms with Gasteiger partial charge in [-0.05, 0) is 23.8 Å². The third kappa shape index (κ3) is 3.43. The molecular formula is C17H17N3O3S. The lowest BCUT2D eigenvalue weighted by Gasteiger charge is -2.28. The number of hydrogen-bond donors (Lipinski definition) is 2. The minimum Gasteiger partial charge on any atom is -0.381 e. The summed E-state index contributed by atoms with van der Waals surface area (Å²) >= 11 is 1.11. The number of methoxy groups -OCH3 is 1. The van der Waals surface area contributed by atoms with E-state index in [1.54, 1.807) is 30.3 Å². The van der Waals surface area contributed by atoms with Gasteiger partial charge in [0.2, 0.25) is 0 Å². The number of hydrogen-bond acceptors (Lipinski definition) is 6. The number of rotatable bonds is 6. The molecule has 0 aliphatic rings. The number of ether oxygens (including phenoxy) is 1. The number of fused-ring (bicyclic) bond motifs is 1. The maximum Gasteiger partial charge on any atom is 0.251 e. The van der Waals surface area contributed by atoms with E-state index in [9.17, 15) is 9.90 Å². The molecule has 24 heavy (non-hydrogen) atoms. The summed E-state index contributed by atoms with van der Waals surface area (Å²) in [5.41, 5.74) is 1.31. The fraction of sp³-hybridized carbons (Fsp3) is 0.235. The van der Waals surface area contributed by atoms with E-state index in [2.05, 4.69) is 14.1 Å². The minimum absolute atomic E-state index is 0.0387. The summed E-state index contributed by atoms with van der Waals surface area (Å²) in [4.78, 5) is 12.4. The van der Waals surface area contributed by atoms with Crippen LogP contribution in [-0.2, 0) is 10.3 Å². The average molecular weight is 343 g/mol. The molecule has 1 amide bonds. The number of benzene rings is 2. The third-order valence-electron chi connectivity index (χ3n) is 3.75. The van der Waals surface area contributed by atoms with Crippen LogP contribution in [0.1, 0.15) is 15.9 Å². The van der Waals surface area contributed by atoms with Crippen LogP contribution in [0.25, 0.3) is 11.0 Å². The second kappa shape index (κ2) is 7.04. The largest absolute Gasteiger partial charge is 0.381 e. The number of nitrogens with zero attached hydrogens (tertiary/aromatic N) is 2. The lowest BCUT2D eigenvalue weighted by molar-refractivity contribution is -0.0334. The molecule has 0 bridgehead atoms. The van der Waals surface area contributed by atoms with Gasteiger partial charge in [0.25, 0.3) is 5.91 Å². The maximum atomic E-state index is 12.4. The molecule has 0 spiro atoms. The van der Waals surface area contributed by atoms with Crippen LogP contribution >= 0.6 is 11.7 Å². The summed E-state index contributed by atoms with van der Waals surface area (Å²) < 4.78 is 13.4. The van der Waals surface area contributed by atoms with Gasteiger partial charge in [-0.2, -0.15) is 8.75 Å². The van der Waals surface area contributed by atoms with Crippen molar-refractivity contribution in [1.82, 2.24) is 14.1 Å². The highest BCUT2D eigenvalue weighted by atomic mass is 32.1. The Labute approximate surface area is 143 Å². The van der Waals surface area contributed by atoms with Gasteiger partial charge in [0.15, 0.2) is 0 Å². The molecule has 0 aliphatic carbocycles. The predicted octanol–water partition coefficient (Wildman–Crippen LogP) is 1.96. The van der Waals surface area contributed by atoms with Crippen molar-refractivity contribution in [2.24, 2.45) is 0 Å². The Hall–Kier alpha value is -2.35. The molecule has 2 aromatic carbocycles. The topological polar surface area (TPSA) is 84.3 Å². The Bertz CT molecular complexity index is 837. The number of amides is 1. The summed E-state index contributed by atoms with van der Waals surface area (Å²) in [6.45, 7) is 0.114. The van der Waals surface area contributed by atoms with E-state index in [4.69, 9.17) is 4.74 Å². The van der Waals surface area contributed by atoms with Gasteiger partial charge in [0.1, 0.15) is 16.6 Å². The van der Waals surface area contributed by atoms with Crippen molar-refractivity contribution < 1.29 is 14.6 Å². The summed E-state index contributed by atoms with van der Waals surface area (Å²) in [5, 5.41) is 13.6. The van der Waals surface area contributed by atoms with Gasteiger partial charge in [-0.15, -0.1) is 0 Å². The monoisotopic (exact) mass is 343 g/mol. The van der Waals surface area contributed by atoms with E-state index in [-0.39, 0.29) is 19.1 Å². The SMILES string of the molecule is COCC(O)(CNC(=O)c1ccc2nsnc2c1)c1ccccc1. The van der Waals surface area contributed by atoms with Crippen molar-refractivity contribution in [3.8, 4) is 0 Å². The first kappa shape index (κ1) is 16.5. The molecule has 6 nitrogen and oxygen atoms in total. The van der Waals surface area contributed by atoms with Gasteiger partial charge >= 0.3 is 0 Å². The van der Waals surface area contributed by atoms with E-state index < -0.39 is 5.60 Å². The Morgan fingerprint density at radius 3 is 2.71 bits per heavy atom. The first-order valence-electron chi connectivity index (χ1n) is 7.40. The highest BCUT2D eigenvalue weighted by Gasteiger charge is 2.30. The number of aromatic nitrogens is 2. The third-order valence-corrected chi connectivity index (χ3v) is 4.31. The molecule has 0 saturated heterocycles. The standard InChI is InChI=1S/C17H17N3O3S/c1-23-11-17(22,13-5-3-2-4-6-13)10-18-16(21)12-7-8-14-15(9-12)20-24-19-14/h2-9,22H,10-11H2,1H3,(H,18,21). The van der Waals surface area contributed by atoms with Crippen LogP contribution in [0.4, 0.5) is 0 Å². The van der Waals surface area contributed by atoms with Crippen molar-refractivity contribution in [2.75, 3.05) is 20.3 Å². The first-order chi connectivity index (χ1) is 11.6. The fourth-order valence-electron chi connectivity index (χ4n) is 2.48. The van der Waals surface area contributed by atoms with Crippen LogP contribution in [0.5, 0.6) is 0 Å². The van der Waals surface area contributed by atoms with Crippen LogP contribution in [0, 0.1) is 0 Å². The van der Waals surface area contributed by atoms with Crippen molar-refractivity contribution >= 4 is 28.7 Å². The molecular weight excluding hydrogens is 326 g/mol. The molecule has 0 radical (unpaired) electrons. The van der Waals surface area contributed by atoms with Gasteiger partial charge in [-0.1, -0.05) is 30.3 Å². The Morgan fingerprint density at radius 2 is 1.96 bits per heavy atom. The molecule has 0 aliphatic heterocycles. The van der Waals surface area contributed by atoms with E-state index in [1.807, 2.05) is 18.2 Å². The van der Waals surface area contributed by atoms with E-state index in [0.29, 0.717) is 16.6 Å². The van der Waals surface area contributed by atoms with Gasteiger partial charge in [-0.25, -0.2) is 0 Å². The molecule has 1 atom stereocenters. The molecule has 2 N–H and O–H groups in total.